The molecule has 0 aromatic heterocycles. The highest BCUT2D eigenvalue weighted by Gasteiger charge is 2.34. The molecule has 2 fully saturated rings. The summed E-state index contributed by atoms with van der Waals surface area (Å²) in [5, 5.41) is 13.1. The van der Waals surface area contributed by atoms with E-state index in [9.17, 15) is 5.26 Å². The molecule has 120 valence electrons. The van der Waals surface area contributed by atoms with Crippen LogP contribution in [0.15, 0.2) is 0 Å². The summed E-state index contributed by atoms with van der Waals surface area (Å²) in [7, 11) is 4.44. The number of likely N-dealkylation sites (tertiary alicyclic amines) is 1. The normalized spacial score (nSPS) is 26.0. The Hall–Kier alpha value is -0.630. The fraction of sp³-hybridized carbons (Fsp3) is 0.941. The van der Waals surface area contributed by atoms with E-state index in [1.54, 1.807) is 0 Å². The van der Waals surface area contributed by atoms with Gasteiger partial charge in [-0.2, -0.15) is 5.26 Å². The van der Waals surface area contributed by atoms with Crippen LogP contribution in [0.25, 0.3) is 0 Å². The first-order valence-electron chi connectivity index (χ1n) is 8.63. The summed E-state index contributed by atoms with van der Waals surface area (Å²) in [6.07, 6.45) is 6.83. The van der Waals surface area contributed by atoms with Crippen LogP contribution in [0, 0.1) is 17.2 Å². The van der Waals surface area contributed by atoms with E-state index in [0.29, 0.717) is 6.04 Å². The smallest absolute Gasteiger partial charge is 0.106 e. The van der Waals surface area contributed by atoms with Crippen LogP contribution in [0.1, 0.15) is 45.4 Å². The highest BCUT2D eigenvalue weighted by molar-refractivity contribution is 5.09. The summed E-state index contributed by atoms with van der Waals surface area (Å²) in [6, 6.07) is 3.16. The molecule has 0 aromatic rings. The molecule has 0 aromatic carbocycles. The Morgan fingerprint density at radius 3 is 2.67 bits per heavy atom. The number of rotatable bonds is 9. The van der Waals surface area contributed by atoms with Crippen molar-refractivity contribution in [1.29, 1.82) is 5.26 Å². The SMILES string of the molecule is CCC(C#N)(CCCN(C)CC1CCN(C)C1)NC1CC1. The summed E-state index contributed by atoms with van der Waals surface area (Å²) in [5.74, 6) is 0.830. The van der Waals surface area contributed by atoms with Gasteiger partial charge >= 0.3 is 0 Å². The second-order valence-electron chi connectivity index (χ2n) is 7.25. The van der Waals surface area contributed by atoms with Crippen molar-refractivity contribution in [3.8, 4) is 6.07 Å². The van der Waals surface area contributed by atoms with Crippen molar-refractivity contribution in [2.24, 2.45) is 5.92 Å². The number of nitrogens with one attached hydrogen (secondary N) is 1. The summed E-state index contributed by atoms with van der Waals surface area (Å²) in [5.41, 5.74) is -0.282. The predicted octanol–water partition coefficient (Wildman–Crippen LogP) is 2.07. The van der Waals surface area contributed by atoms with Crippen LogP contribution in [0.5, 0.6) is 0 Å². The summed E-state index contributed by atoms with van der Waals surface area (Å²) < 4.78 is 0. The average molecular weight is 292 g/mol. The number of nitriles is 1. The maximum Gasteiger partial charge on any atom is 0.106 e. The molecule has 2 rings (SSSR count). The zero-order valence-electron chi connectivity index (χ0n) is 14.1. The third kappa shape index (κ3) is 5.25. The quantitative estimate of drug-likeness (QED) is 0.706. The Morgan fingerprint density at radius 2 is 2.14 bits per heavy atom. The first-order valence-corrected chi connectivity index (χ1v) is 8.63. The molecule has 0 amide bonds. The summed E-state index contributed by atoms with van der Waals surface area (Å²) in [6.45, 7) is 6.93. The molecule has 2 unspecified atom stereocenters. The highest BCUT2D eigenvalue weighted by Crippen LogP contribution is 2.26. The molecule has 1 saturated heterocycles. The van der Waals surface area contributed by atoms with E-state index in [-0.39, 0.29) is 5.54 Å². The van der Waals surface area contributed by atoms with Gasteiger partial charge in [-0.3, -0.25) is 5.32 Å². The molecule has 1 aliphatic carbocycles. The summed E-state index contributed by atoms with van der Waals surface area (Å²) in [4.78, 5) is 4.88. The van der Waals surface area contributed by atoms with Crippen molar-refractivity contribution in [1.82, 2.24) is 15.1 Å². The summed E-state index contributed by atoms with van der Waals surface area (Å²) >= 11 is 0. The van der Waals surface area contributed by atoms with Gasteiger partial charge in [0.2, 0.25) is 0 Å². The number of nitrogens with zero attached hydrogens (tertiary/aromatic N) is 3. The van der Waals surface area contributed by atoms with Gasteiger partial charge in [0.05, 0.1) is 6.07 Å². The zero-order chi connectivity index (χ0) is 15.3. The molecular formula is C17H32N4. The van der Waals surface area contributed by atoms with Crippen LogP contribution in [-0.2, 0) is 0 Å². The van der Waals surface area contributed by atoms with Gasteiger partial charge in [0, 0.05) is 19.1 Å². The van der Waals surface area contributed by atoms with E-state index < -0.39 is 0 Å². The van der Waals surface area contributed by atoms with Crippen molar-refractivity contribution in [3.63, 3.8) is 0 Å². The fourth-order valence-electron chi connectivity index (χ4n) is 3.49. The minimum Gasteiger partial charge on any atom is -0.306 e. The van der Waals surface area contributed by atoms with Crippen LogP contribution >= 0.6 is 0 Å². The third-order valence-electron chi connectivity index (χ3n) is 5.08. The predicted molar refractivity (Wildman–Crippen MR) is 87.1 cm³/mol. The zero-order valence-corrected chi connectivity index (χ0v) is 14.1. The van der Waals surface area contributed by atoms with Gasteiger partial charge in [-0.15, -0.1) is 0 Å². The Kier molecular flexibility index (Phi) is 6.04. The van der Waals surface area contributed by atoms with Gasteiger partial charge in [0.1, 0.15) is 5.54 Å². The van der Waals surface area contributed by atoms with Gasteiger partial charge in [-0.05, 0) is 71.6 Å². The van der Waals surface area contributed by atoms with Crippen LogP contribution < -0.4 is 5.32 Å². The molecule has 21 heavy (non-hydrogen) atoms. The third-order valence-corrected chi connectivity index (χ3v) is 5.08. The molecule has 1 saturated carbocycles. The molecule has 1 aliphatic heterocycles. The van der Waals surface area contributed by atoms with Crippen molar-refractivity contribution in [2.75, 3.05) is 40.3 Å². The van der Waals surface area contributed by atoms with Crippen LogP contribution in [0.4, 0.5) is 0 Å². The lowest BCUT2D eigenvalue weighted by atomic mass is 9.91. The second kappa shape index (κ2) is 7.58. The molecule has 2 atom stereocenters. The standard InChI is InChI=1S/C17H32N4/c1-4-17(14-18,19-16-6-7-16)9-5-10-20(2)12-15-8-11-21(3)13-15/h15-16,19H,4-13H2,1-3H3. The van der Waals surface area contributed by atoms with Crippen molar-refractivity contribution in [3.05, 3.63) is 0 Å². The molecule has 4 heteroatoms. The van der Waals surface area contributed by atoms with Crippen molar-refractivity contribution < 1.29 is 0 Å². The van der Waals surface area contributed by atoms with Crippen molar-refractivity contribution in [2.45, 2.75) is 57.0 Å². The fourth-order valence-corrected chi connectivity index (χ4v) is 3.49. The van der Waals surface area contributed by atoms with E-state index >= 15 is 0 Å². The average Bonchev–Trinajstić information content (AvgIpc) is 3.19. The van der Waals surface area contributed by atoms with Crippen LogP contribution in [0.3, 0.4) is 0 Å². The van der Waals surface area contributed by atoms with E-state index in [1.807, 2.05) is 0 Å². The highest BCUT2D eigenvalue weighted by atomic mass is 15.1. The van der Waals surface area contributed by atoms with Gasteiger partial charge in [-0.1, -0.05) is 6.92 Å². The maximum atomic E-state index is 9.55. The second-order valence-corrected chi connectivity index (χ2v) is 7.25. The lowest BCUT2D eigenvalue weighted by Crippen LogP contribution is -2.45. The van der Waals surface area contributed by atoms with E-state index in [0.717, 1.165) is 31.7 Å². The first kappa shape index (κ1) is 16.7. The van der Waals surface area contributed by atoms with Crippen LogP contribution in [-0.4, -0.2) is 61.7 Å². The molecule has 2 aliphatic rings. The Morgan fingerprint density at radius 1 is 1.38 bits per heavy atom. The number of hydrogen-bond acceptors (Lipinski definition) is 4. The molecular weight excluding hydrogens is 260 g/mol. The Bertz CT molecular complexity index is 360. The number of hydrogen-bond donors (Lipinski definition) is 1. The molecule has 1 heterocycles. The molecule has 0 radical (unpaired) electrons. The minimum absolute atomic E-state index is 0.282. The largest absolute Gasteiger partial charge is 0.306 e. The lowest BCUT2D eigenvalue weighted by Gasteiger charge is -2.28. The van der Waals surface area contributed by atoms with Gasteiger partial charge in [0.25, 0.3) is 0 Å². The molecule has 0 bridgehead atoms. The topological polar surface area (TPSA) is 42.3 Å². The van der Waals surface area contributed by atoms with Gasteiger partial charge < -0.3 is 9.80 Å². The van der Waals surface area contributed by atoms with Crippen LogP contribution in [0.2, 0.25) is 0 Å². The van der Waals surface area contributed by atoms with Crippen molar-refractivity contribution >= 4 is 0 Å². The Labute approximate surface area is 130 Å². The van der Waals surface area contributed by atoms with Gasteiger partial charge in [0.15, 0.2) is 0 Å². The Balaban J connectivity index is 1.67. The molecule has 4 nitrogen and oxygen atoms in total. The van der Waals surface area contributed by atoms with E-state index in [4.69, 9.17) is 0 Å². The van der Waals surface area contributed by atoms with E-state index in [1.165, 1.54) is 38.9 Å². The lowest BCUT2D eigenvalue weighted by molar-refractivity contribution is 0.255. The maximum absolute atomic E-state index is 9.55. The monoisotopic (exact) mass is 292 g/mol. The van der Waals surface area contributed by atoms with E-state index in [2.05, 4.69) is 42.2 Å². The molecule has 1 N–H and O–H groups in total. The van der Waals surface area contributed by atoms with Gasteiger partial charge in [-0.25, -0.2) is 0 Å². The first-order chi connectivity index (χ1) is 10.1. The molecule has 0 spiro atoms. The minimum atomic E-state index is -0.282.